The van der Waals surface area contributed by atoms with Crippen molar-refractivity contribution >= 4 is 41.2 Å². The summed E-state index contributed by atoms with van der Waals surface area (Å²) in [4.78, 5) is 35.1. The number of H-pyrrole nitrogens is 1. The second-order valence-electron chi connectivity index (χ2n) is 9.23. The third-order valence-electron chi connectivity index (χ3n) is 6.44. The number of carbonyl (C=O) groups is 1. The Labute approximate surface area is 220 Å². The van der Waals surface area contributed by atoms with E-state index in [0.717, 1.165) is 16.9 Å². The molecule has 38 heavy (non-hydrogen) atoms. The molecule has 2 aliphatic rings. The number of fused-ring (bicyclic) bond motifs is 1. The van der Waals surface area contributed by atoms with Crippen molar-refractivity contribution in [1.82, 2.24) is 24.6 Å². The number of imidazole rings is 1. The highest BCUT2D eigenvalue weighted by Gasteiger charge is 2.54. The Morgan fingerprint density at radius 2 is 2.16 bits per heavy atom. The van der Waals surface area contributed by atoms with Crippen molar-refractivity contribution in [3.05, 3.63) is 52.6 Å². The van der Waals surface area contributed by atoms with Crippen molar-refractivity contribution in [2.24, 2.45) is 0 Å². The van der Waals surface area contributed by atoms with Crippen molar-refractivity contribution in [3.8, 4) is 0 Å². The summed E-state index contributed by atoms with van der Waals surface area (Å²) in [5, 5.41) is 24.5. The van der Waals surface area contributed by atoms with Gasteiger partial charge in [0, 0.05) is 5.75 Å². The van der Waals surface area contributed by atoms with Gasteiger partial charge in [0.25, 0.3) is 5.56 Å². The first-order valence-electron chi connectivity index (χ1n) is 11.7. The fraction of sp³-hybridized carbons (Fsp3) is 0.455. The molecule has 16 heteroatoms. The van der Waals surface area contributed by atoms with Crippen LogP contribution in [0.25, 0.3) is 11.2 Å². The molecule has 0 bridgehead atoms. The van der Waals surface area contributed by atoms with Gasteiger partial charge < -0.3 is 29.9 Å². The van der Waals surface area contributed by atoms with E-state index in [1.165, 1.54) is 17.8 Å². The summed E-state index contributed by atoms with van der Waals surface area (Å²) in [6, 6.07) is 8.37. The summed E-state index contributed by atoms with van der Waals surface area (Å²) in [7, 11) is 0. The van der Waals surface area contributed by atoms with E-state index in [-0.39, 0.29) is 29.5 Å². The molecule has 0 spiro atoms. The monoisotopic (exact) mass is 566 g/mol. The standard InChI is InChI=1S/C22H27N6O8PS/c1-11(12-6-4-3-5-7-12)35-19(31)13-9-38-37(33,27-13)34-8-14-16(29)22(2,32)20(36-14)28-10-24-15-17(28)25-21(23)26-18(15)30/h3-7,10-11,13-14,16,20,29,32H,8-9H2,1-2H3,(H,27,33)(H3,23,25,26,30)/t11-,13+,14-,16-,20-,22-,37?/m1/s1. The van der Waals surface area contributed by atoms with Gasteiger partial charge in [0.15, 0.2) is 17.4 Å². The number of aromatic amines is 1. The van der Waals surface area contributed by atoms with Gasteiger partial charge in [0.05, 0.1) is 12.9 Å². The van der Waals surface area contributed by atoms with E-state index < -0.39 is 54.4 Å². The minimum atomic E-state index is -3.55. The van der Waals surface area contributed by atoms with Crippen molar-refractivity contribution in [1.29, 1.82) is 0 Å². The molecule has 2 aromatic heterocycles. The zero-order valence-electron chi connectivity index (χ0n) is 20.4. The predicted octanol–water partition coefficient (Wildman–Crippen LogP) is 0.845. The quantitative estimate of drug-likeness (QED) is 0.199. The number of benzene rings is 1. The molecule has 4 heterocycles. The molecule has 2 aliphatic heterocycles. The molecule has 2 fully saturated rings. The molecule has 0 saturated carbocycles. The maximum Gasteiger partial charge on any atom is 0.327 e. The van der Waals surface area contributed by atoms with E-state index >= 15 is 0 Å². The number of aliphatic hydroxyl groups is 2. The number of esters is 1. The molecule has 1 unspecified atom stereocenters. The Hall–Kier alpha value is -2.78. The highest BCUT2D eigenvalue weighted by molar-refractivity contribution is 8.56. The van der Waals surface area contributed by atoms with Crippen LogP contribution in [0.4, 0.5) is 5.95 Å². The molecule has 7 atom stereocenters. The van der Waals surface area contributed by atoms with Crippen molar-refractivity contribution < 1.29 is 33.6 Å². The van der Waals surface area contributed by atoms with Crippen LogP contribution in [0.1, 0.15) is 31.7 Å². The van der Waals surface area contributed by atoms with Crippen LogP contribution in [-0.2, 0) is 23.4 Å². The van der Waals surface area contributed by atoms with Crippen LogP contribution < -0.4 is 16.4 Å². The van der Waals surface area contributed by atoms with Gasteiger partial charge in [-0.2, -0.15) is 4.98 Å². The number of ether oxygens (including phenoxy) is 2. The minimum absolute atomic E-state index is 0.0247. The lowest BCUT2D eigenvalue weighted by atomic mass is 9.96. The number of nitrogen functional groups attached to an aromatic ring is 1. The molecule has 0 radical (unpaired) electrons. The molecule has 0 aliphatic carbocycles. The Kier molecular flexibility index (Phi) is 7.11. The number of nitrogens with two attached hydrogens (primary N) is 1. The lowest BCUT2D eigenvalue weighted by Gasteiger charge is -2.27. The second-order valence-corrected chi connectivity index (χ2v) is 13.6. The van der Waals surface area contributed by atoms with Crippen molar-refractivity contribution in [3.63, 3.8) is 0 Å². The molecular formula is C22H27N6O8PS. The number of hydrogen-bond donors (Lipinski definition) is 5. The first-order valence-corrected chi connectivity index (χ1v) is 14.9. The average Bonchev–Trinajstić information content (AvgIpc) is 3.54. The highest BCUT2D eigenvalue weighted by Crippen LogP contribution is 2.61. The summed E-state index contributed by atoms with van der Waals surface area (Å²) in [6.45, 7) is -0.825. The Morgan fingerprint density at radius 3 is 2.89 bits per heavy atom. The lowest BCUT2D eigenvalue weighted by molar-refractivity contribution is -0.150. The Bertz CT molecular complexity index is 1450. The smallest absolute Gasteiger partial charge is 0.327 e. The van der Waals surface area contributed by atoms with E-state index in [9.17, 15) is 24.4 Å². The number of carbonyl (C=O) groups excluding carboxylic acids is 1. The number of aromatic nitrogens is 4. The normalized spacial score (nSPS) is 32.0. The fourth-order valence-corrected chi connectivity index (χ4v) is 8.23. The zero-order chi connectivity index (χ0) is 27.2. The number of nitrogens with one attached hydrogen (secondary N) is 2. The number of hydrogen-bond acceptors (Lipinski definition) is 12. The summed E-state index contributed by atoms with van der Waals surface area (Å²) in [6.07, 6.45) is -3.03. The molecule has 2 saturated heterocycles. The van der Waals surface area contributed by atoms with Gasteiger partial charge >= 0.3 is 12.7 Å². The Balaban J connectivity index is 1.23. The molecule has 0 amide bonds. The second kappa shape index (κ2) is 10.1. The summed E-state index contributed by atoms with van der Waals surface area (Å²) >= 11 is 0.937. The van der Waals surface area contributed by atoms with Gasteiger partial charge in [0.2, 0.25) is 5.95 Å². The average molecular weight is 567 g/mol. The van der Waals surface area contributed by atoms with E-state index in [0.29, 0.717) is 0 Å². The largest absolute Gasteiger partial charge is 0.457 e. The fourth-order valence-electron chi connectivity index (χ4n) is 4.35. The molecule has 1 aromatic carbocycles. The summed E-state index contributed by atoms with van der Waals surface area (Å²) < 4.78 is 31.5. The Morgan fingerprint density at radius 1 is 1.42 bits per heavy atom. The van der Waals surface area contributed by atoms with Crippen LogP contribution in [0, 0.1) is 0 Å². The van der Waals surface area contributed by atoms with Crippen LogP contribution in [0.15, 0.2) is 41.5 Å². The van der Waals surface area contributed by atoms with Crippen molar-refractivity contribution in [2.75, 3.05) is 18.1 Å². The van der Waals surface area contributed by atoms with E-state index in [1.807, 2.05) is 30.3 Å². The van der Waals surface area contributed by atoms with Gasteiger partial charge in [-0.25, -0.2) is 10.1 Å². The maximum atomic E-state index is 13.2. The minimum Gasteiger partial charge on any atom is -0.457 e. The summed E-state index contributed by atoms with van der Waals surface area (Å²) in [5.74, 6) is -0.561. The molecule has 204 valence electrons. The maximum absolute atomic E-state index is 13.2. The zero-order valence-corrected chi connectivity index (χ0v) is 22.1. The molecule has 5 rings (SSSR count). The number of nitrogens with zero attached hydrogens (tertiary/aromatic N) is 3. The third-order valence-corrected chi connectivity index (χ3v) is 10.5. The first-order chi connectivity index (χ1) is 18.0. The topological polar surface area (TPSA) is 204 Å². The van der Waals surface area contributed by atoms with Crippen LogP contribution >= 0.6 is 18.1 Å². The van der Waals surface area contributed by atoms with Gasteiger partial charge in [-0.15, -0.1) is 0 Å². The first kappa shape index (κ1) is 26.8. The molecule has 3 aromatic rings. The molecular weight excluding hydrogens is 539 g/mol. The third kappa shape index (κ3) is 4.98. The van der Waals surface area contributed by atoms with E-state index in [1.54, 1.807) is 6.92 Å². The molecule has 6 N–H and O–H groups in total. The molecule has 14 nitrogen and oxygen atoms in total. The van der Waals surface area contributed by atoms with Crippen LogP contribution in [0.2, 0.25) is 0 Å². The van der Waals surface area contributed by atoms with Crippen LogP contribution in [-0.4, -0.2) is 71.9 Å². The lowest BCUT2D eigenvalue weighted by Crippen LogP contribution is -2.44. The van der Waals surface area contributed by atoms with Gasteiger partial charge in [-0.3, -0.25) is 23.7 Å². The van der Waals surface area contributed by atoms with Crippen LogP contribution in [0.5, 0.6) is 0 Å². The number of anilines is 1. The summed E-state index contributed by atoms with van der Waals surface area (Å²) in [5.41, 5.74) is 4.07. The number of aliphatic hydroxyl groups excluding tert-OH is 1. The highest BCUT2D eigenvalue weighted by atomic mass is 32.7. The van der Waals surface area contributed by atoms with E-state index in [4.69, 9.17) is 19.7 Å². The van der Waals surface area contributed by atoms with Gasteiger partial charge in [-0.05, 0) is 19.4 Å². The predicted molar refractivity (Wildman–Crippen MR) is 137 cm³/mol. The van der Waals surface area contributed by atoms with Gasteiger partial charge in [0.1, 0.15) is 30.0 Å². The SMILES string of the molecule is C[C@@H](OC(=O)[C@@H]1CSP(=O)(OC[C@H]2O[C@@H](n3cnc4c(=O)[nH]c(N)nc43)[C@](C)(O)[C@@H]2O)N1)c1ccccc1. The van der Waals surface area contributed by atoms with Crippen molar-refractivity contribution in [2.45, 2.75) is 50.0 Å². The number of rotatable bonds is 7. The van der Waals surface area contributed by atoms with E-state index in [2.05, 4.69) is 20.0 Å². The van der Waals surface area contributed by atoms with Gasteiger partial charge in [-0.1, -0.05) is 41.7 Å². The van der Waals surface area contributed by atoms with Crippen LogP contribution in [0.3, 0.4) is 0 Å².